The molecule has 0 spiro atoms. The molecule has 1 aromatic heterocycles. The molecule has 2 saturated heterocycles. The number of aromatic nitrogens is 2. The molecule has 9 nitrogen and oxygen atoms in total. The number of hydrogen-bond acceptors (Lipinski definition) is 9. The predicted octanol–water partition coefficient (Wildman–Crippen LogP) is 3.19. The van der Waals surface area contributed by atoms with Crippen molar-refractivity contribution in [3.8, 4) is 5.75 Å². The number of fused-ring (bicyclic) bond motifs is 1. The van der Waals surface area contributed by atoms with E-state index in [4.69, 9.17) is 20.4 Å². The molecule has 4 heterocycles. The van der Waals surface area contributed by atoms with Gasteiger partial charge in [-0.25, -0.2) is 4.98 Å². The summed E-state index contributed by atoms with van der Waals surface area (Å²) in [6.45, 7) is 7.60. The molecule has 3 aliphatic heterocycles. The van der Waals surface area contributed by atoms with E-state index in [1.54, 1.807) is 0 Å². The first kappa shape index (κ1) is 28.1. The minimum absolute atomic E-state index is 0.0938. The summed E-state index contributed by atoms with van der Waals surface area (Å²) in [6.07, 6.45) is 9.11. The normalized spacial score (nSPS) is 22.4. The van der Waals surface area contributed by atoms with Gasteiger partial charge >= 0.3 is 0 Å². The number of nitrogens with one attached hydrogen (secondary N) is 2. The van der Waals surface area contributed by atoms with Crippen LogP contribution >= 0.6 is 0 Å². The fourth-order valence-corrected chi connectivity index (χ4v) is 6.03. The number of likely N-dealkylation sites (tertiary alicyclic amines) is 1. The highest BCUT2D eigenvalue weighted by Crippen LogP contribution is 2.29. The molecule has 0 saturated carbocycles. The van der Waals surface area contributed by atoms with Crippen LogP contribution in [0.25, 0.3) is 0 Å². The van der Waals surface area contributed by atoms with Crippen LogP contribution in [0.4, 0.5) is 11.8 Å². The van der Waals surface area contributed by atoms with Crippen LogP contribution < -0.4 is 26.0 Å². The Bertz CT molecular complexity index is 1040. The molecule has 0 radical (unpaired) electrons. The first-order valence-corrected chi connectivity index (χ1v) is 15.0. The van der Waals surface area contributed by atoms with Crippen molar-refractivity contribution in [3.05, 3.63) is 41.1 Å². The Kier molecular flexibility index (Phi) is 9.90. The quantitative estimate of drug-likeness (QED) is 0.396. The van der Waals surface area contributed by atoms with Gasteiger partial charge < -0.3 is 30.9 Å². The number of nitrogens with zero attached hydrogens (tertiary/aromatic N) is 5. The zero-order valence-electron chi connectivity index (χ0n) is 24.0. The number of anilines is 2. The lowest BCUT2D eigenvalue weighted by molar-refractivity contribution is 0.131. The maximum Gasteiger partial charge on any atom is 0.225 e. The highest BCUT2D eigenvalue weighted by molar-refractivity contribution is 5.54. The summed E-state index contributed by atoms with van der Waals surface area (Å²) in [6, 6.07) is 8.61. The summed E-state index contributed by atoms with van der Waals surface area (Å²) >= 11 is 0. The Labute approximate surface area is 234 Å². The average Bonchev–Trinajstić information content (AvgIpc) is 3.23. The van der Waals surface area contributed by atoms with Crippen molar-refractivity contribution in [3.63, 3.8) is 0 Å². The third-order valence-electron chi connectivity index (χ3n) is 8.25. The van der Waals surface area contributed by atoms with Gasteiger partial charge in [-0.1, -0.05) is 25.0 Å². The van der Waals surface area contributed by atoms with Crippen LogP contribution in [0.3, 0.4) is 0 Å². The van der Waals surface area contributed by atoms with Crippen molar-refractivity contribution < 1.29 is 4.74 Å². The van der Waals surface area contributed by atoms with Crippen molar-refractivity contribution in [2.45, 2.75) is 76.7 Å². The summed E-state index contributed by atoms with van der Waals surface area (Å²) in [5, 5.41) is 7.21. The lowest BCUT2D eigenvalue weighted by Crippen LogP contribution is -2.56. The van der Waals surface area contributed by atoms with E-state index in [-0.39, 0.29) is 12.2 Å². The van der Waals surface area contributed by atoms with Gasteiger partial charge in [0.05, 0.1) is 24.5 Å². The molecule has 4 N–H and O–H groups in total. The molecule has 9 heteroatoms. The molecule has 0 amide bonds. The molecule has 5 rings (SSSR count). The van der Waals surface area contributed by atoms with E-state index in [2.05, 4.69) is 63.7 Å². The largest absolute Gasteiger partial charge is 0.494 e. The van der Waals surface area contributed by atoms with Gasteiger partial charge in [0.15, 0.2) is 0 Å². The second-order valence-corrected chi connectivity index (χ2v) is 11.6. The Balaban J connectivity index is 1.22. The van der Waals surface area contributed by atoms with E-state index in [9.17, 15) is 0 Å². The van der Waals surface area contributed by atoms with E-state index >= 15 is 0 Å². The SMILES string of the molecule is CN(C)CCCOc1ccc(CN2CCCC(Nc3nc4c(c(N5CCCCCC5)n3)CNCC4)C2N)cc1. The summed E-state index contributed by atoms with van der Waals surface area (Å²) in [7, 11) is 4.18. The highest BCUT2D eigenvalue weighted by Gasteiger charge is 2.30. The minimum Gasteiger partial charge on any atom is -0.494 e. The molecule has 3 aliphatic rings. The molecule has 0 aliphatic carbocycles. The number of rotatable bonds is 10. The van der Waals surface area contributed by atoms with Crippen LogP contribution in [0.1, 0.15) is 61.8 Å². The van der Waals surface area contributed by atoms with Crippen molar-refractivity contribution in [2.75, 3.05) is 63.6 Å². The summed E-state index contributed by atoms with van der Waals surface area (Å²) < 4.78 is 5.91. The fraction of sp³-hybridized carbons (Fsp3) is 0.667. The molecule has 2 atom stereocenters. The third kappa shape index (κ3) is 7.60. The maximum atomic E-state index is 6.85. The van der Waals surface area contributed by atoms with Gasteiger partial charge in [-0.3, -0.25) is 4.90 Å². The lowest BCUT2D eigenvalue weighted by Gasteiger charge is -2.39. The Hall–Kier alpha value is -2.46. The second-order valence-electron chi connectivity index (χ2n) is 11.6. The number of hydrogen-bond donors (Lipinski definition) is 3. The van der Waals surface area contributed by atoms with Gasteiger partial charge in [0.2, 0.25) is 5.95 Å². The third-order valence-corrected chi connectivity index (χ3v) is 8.25. The monoisotopic (exact) mass is 536 g/mol. The second kappa shape index (κ2) is 13.7. The molecule has 39 heavy (non-hydrogen) atoms. The van der Waals surface area contributed by atoms with Crippen LogP contribution in [0.15, 0.2) is 24.3 Å². The van der Waals surface area contributed by atoms with Crippen LogP contribution in [-0.2, 0) is 19.5 Å². The van der Waals surface area contributed by atoms with Crippen LogP contribution in [0.2, 0.25) is 0 Å². The number of piperidine rings is 1. The first-order valence-electron chi connectivity index (χ1n) is 15.0. The van der Waals surface area contributed by atoms with E-state index in [0.29, 0.717) is 0 Å². The smallest absolute Gasteiger partial charge is 0.225 e. The Morgan fingerprint density at radius 2 is 1.85 bits per heavy atom. The topological polar surface area (TPSA) is 94.8 Å². The standard InChI is InChI=1S/C30H48N8O/c1-36(2)16-8-20-39-24-12-10-23(11-13-24)22-38-19-7-9-27(28(38)31)34-30-33-26-14-15-32-21-25(26)29(35-30)37-17-5-3-4-6-18-37/h10-13,27-28,32H,3-9,14-22,31H2,1-2H3,(H,33,34,35). The lowest BCUT2D eigenvalue weighted by atomic mass is 10.0. The Morgan fingerprint density at radius 1 is 1.05 bits per heavy atom. The maximum absolute atomic E-state index is 6.85. The first-order chi connectivity index (χ1) is 19.1. The van der Waals surface area contributed by atoms with Gasteiger partial charge in [-0.15, -0.1) is 0 Å². The molecule has 1 aromatic carbocycles. The molecule has 2 fully saturated rings. The average molecular weight is 537 g/mol. The van der Waals surface area contributed by atoms with Crippen molar-refractivity contribution in [1.29, 1.82) is 0 Å². The van der Waals surface area contributed by atoms with Gasteiger partial charge in [0, 0.05) is 57.8 Å². The van der Waals surface area contributed by atoms with Crippen LogP contribution in [0.5, 0.6) is 5.75 Å². The number of ether oxygens (including phenoxy) is 1. The number of nitrogens with two attached hydrogens (primary N) is 1. The molecule has 0 bridgehead atoms. The van der Waals surface area contributed by atoms with E-state index in [0.717, 1.165) is 95.6 Å². The van der Waals surface area contributed by atoms with Crippen molar-refractivity contribution >= 4 is 11.8 Å². The molecule has 2 aromatic rings. The van der Waals surface area contributed by atoms with Crippen molar-refractivity contribution in [1.82, 2.24) is 25.1 Å². The molecular weight excluding hydrogens is 488 g/mol. The summed E-state index contributed by atoms with van der Waals surface area (Å²) in [4.78, 5) is 17.2. The zero-order valence-corrected chi connectivity index (χ0v) is 24.0. The van der Waals surface area contributed by atoms with Gasteiger partial charge in [-0.2, -0.15) is 4.98 Å². The fourth-order valence-electron chi connectivity index (χ4n) is 6.03. The van der Waals surface area contributed by atoms with Crippen LogP contribution in [0, 0.1) is 0 Å². The van der Waals surface area contributed by atoms with E-state index < -0.39 is 0 Å². The zero-order chi connectivity index (χ0) is 27.0. The molecule has 214 valence electrons. The van der Waals surface area contributed by atoms with Crippen molar-refractivity contribution in [2.24, 2.45) is 5.73 Å². The van der Waals surface area contributed by atoms with E-state index in [1.807, 2.05) is 0 Å². The van der Waals surface area contributed by atoms with Crippen LogP contribution in [-0.4, -0.2) is 85.4 Å². The predicted molar refractivity (Wildman–Crippen MR) is 158 cm³/mol. The van der Waals surface area contributed by atoms with Gasteiger partial charge in [0.25, 0.3) is 0 Å². The molecular formula is C30H48N8O. The minimum atomic E-state index is -0.0938. The Morgan fingerprint density at radius 3 is 2.62 bits per heavy atom. The highest BCUT2D eigenvalue weighted by atomic mass is 16.5. The summed E-state index contributed by atoms with van der Waals surface area (Å²) in [5.74, 6) is 2.80. The van der Waals surface area contributed by atoms with E-state index in [1.165, 1.54) is 42.5 Å². The van der Waals surface area contributed by atoms with Gasteiger partial charge in [0.1, 0.15) is 11.6 Å². The number of benzene rings is 1. The molecule has 2 unspecified atom stereocenters. The van der Waals surface area contributed by atoms with Gasteiger partial charge in [-0.05, 0) is 63.9 Å². The summed E-state index contributed by atoms with van der Waals surface area (Å²) in [5.41, 5.74) is 10.6.